The third kappa shape index (κ3) is 4.16. The number of hydrogen-bond acceptors (Lipinski definition) is 1. The van der Waals surface area contributed by atoms with E-state index < -0.39 is 7.80 Å². The Balaban J connectivity index is 3.70. The molecule has 0 heterocycles. The highest BCUT2D eigenvalue weighted by atomic mass is 31.1. The van der Waals surface area contributed by atoms with E-state index in [9.17, 15) is 4.57 Å². The molecule has 2 heteroatoms. The van der Waals surface area contributed by atoms with Gasteiger partial charge in [0.15, 0.2) is 10.5 Å². The zero-order valence-corrected chi connectivity index (χ0v) is 16.1. The van der Waals surface area contributed by atoms with Gasteiger partial charge in [-0.3, -0.25) is 0 Å². The van der Waals surface area contributed by atoms with Crippen molar-refractivity contribution in [1.29, 1.82) is 0 Å². The van der Waals surface area contributed by atoms with E-state index in [0.717, 1.165) is 5.30 Å². The van der Waals surface area contributed by atoms with Crippen LogP contribution in [0.25, 0.3) is 0 Å². The summed E-state index contributed by atoms with van der Waals surface area (Å²) in [5.74, 6) is 1.30. The summed E-state index contributed by atoms with van der Waals surface area (Å²) in [7, 11) is -1.40. The third-order valence-corrected chi connectivity index (χ3v) is 6.06. The molecular weight excluding hydrogens is 275 g/mol. The monoisotopic (exact) mass is 307 g/mol. The largest absolute Gasteiger partial charge is 0.382 e. The van der Waals surface area contributed by atoms with Gasteiger partial charge < -0.3 is 0 Å². The summed E-state index contributed by atoms with van der Waals surface area (Å²) in [5, 5.41) is 0.925. The molecule has 0 saturated heterocycles. The highest BCUT2D eigenvalue weighted by molar-refractivity contribution is 7.55. The molecule has 0 radical (unpaired) electrons. The molecule has 0 amide bonds. The third-order valence-electron chi connectivity index (χ3n) is 3.91. The molecule has 21 heavy (non-hydrogen) atoms. The van der Waals surface area contributed by atoms with Gasteiger partial charge in [-0.15, -0.1) is 0 Å². The normalized spacial score (nSPS) is 13.4. The van der Waals surface area contributed by atoms with E-state index in [4.69, 9.17) is 0 Å². The molecule has 0 spiro atoms. The molecule has 1 aromatic carbocycles. The Morgan fingerprint density at radius 1 is 0.810 bits per heavy atom. The Labute approximate surface area is 132 Å². The molecule has 1 unspecified atom stereocenters. The van der Waals surface area contributed by atoms with E-state index in [1.165, 1.54) is 16.7 Å². The molecule has 0 aromatic heterocycles. The van der Waals surface area contributed by atoms with Gasteiger partial charge in [-0.25, -0.2) is 0 Å². The summed E-state index contributed by atoms with van der Waals surface area (Å²) in [6, 6.07) is 4.57. The summed E-state index contributed by atoms with van der Waals surface area (Å²) in [5.41, 5.74) is 3.92. The highest BCUT2D eigenvalue weighted by Gasteiger charge is 2.41. The number of benzene rings is 1. The van der Waals surface area contributed by atoms with Crippen molar-refractivity contribution in [2.75, 3.05) is 0 Å². The lowest BCUT2D eigenvalue weighted by atomic mass is 9.89. The van der Waals surface area contributed by atoms with E-state index in [-0.39, 0.29) is 5.16 Å². The predicted octanol–water partition coefficient (Wildman–Crippen LogP) is 6.31. The van der Waals surface area contributed by atoms with Crippen molar-refractivity contribution in [3.8, 4) is 0 Å². The van der Waals surface area contributed by atoms with Crippen LogP contribution in [-0.2, 0) is 4.57 Å². The second-order valence-corrected chi connectivity index (χ2v) is 10.4. The van der Waals surface area contributed by atoms with Crippen LogP contribution in [-0.4, -0.2) is 5.16 Å². The summed E-state index contributed by atoms with van der Waals surface area (Å²) < 4.78 is 13.1. The van der Waals surface area contributed by atoms with Gasteiger partial charge in [-0.05, 0) is 44.1 Å². The quantitative estimate of drug-likeness (QED) is 0.596. The molecule has 0 aliphatic rings. The van der Waals surface area contributed by atoms with Crippen molar-refractivity contribution in [2.45, 2.75) is 85.2 Å². The lowest BCUT2D eigenvalue weighted by Gasteiger charge is -2.19. The summed E-state index contributed by atoms with van der Waals surface area (Å²) in [4.78, 5) is 0. The molecule has 118 valence electrons. The highest BCUT2D eigenvalue weighted by Crippen LogP contribution is 2.42. The standard InChI is InChI=1S/C19H32OP/c1-12(2)15-10-16(13(3)4)18(17(11-15)14(5)6)21(20)19(7,8)9/h10-14H,1-9H3/q+1. The first-order valence-corrected chi connectivity index (χ1v) is 9.37. The minimum Gasteiger partial charge on any atom is -0.0674 e. The minimum absolute atomic E-state index is 0.192. The fourth-order valence-electron chi connectivity index (χ4n) is 2.49. The first-order chi connectivity index (χ1) is 9.46. The Morgan fingerprint density at radius 3 is 1.43 bits per heavy atom. The van der Waals surface area contributed by atoms with E-state index in [2.05, 4.69) is 74.4 Å². The average molecular weight is 307 g/mol. The Bertz CT molecular complexity index is 490. The molecule has 1 nitrogen and oxygen atoms in total. The molecule has 0 N–H and O–H groups in total. The summed E-state index contributed by atoms with van der Waals surface area (Å²) >= 11 is 0. The molecule has 1 aromatic rings. The SMILES string of the molecule is CC(C)c1cc(C(C)C)c([P+](=O)C(C)(C)C)c(C(C)C)c1. The lowest BCUT2D eigenvalue weighted by molar-refractivity contribution is 0.571. The van der Waals surface area contributed by atoms with Gasteiger partial charge in [0.1, 0.15) is 0 Å². The van der Waals surface area contributed by atoms with Crippen LogP contribution in [0.3, 0.4) is 0 Å². The van der Waals surface area contributed by atoms with E-state index in [1.54, 1.807) is 0 Å². The molecule has 1 rings (SSSR count). The van der Waals surface area contributed by atoms with Crippen molar-refractivity contribution in [1.82, 2.24) is 0 Å². The van der Waals surface area contributed by atoms with Gasteiger partial charge in [0.2, 0.25) is 0 Å². The second kappa shape index (κ2) is 6.61. The zero-order chi connectivity index (χ0) is 16.5. The fraction of sp³-hybridized carbons (Fsp3) is 0.684. The Hall–Kier alpha value is -0.680. The topological polar surface area (TPSA) is 17.1 Å². The van der Waals surface area contributed by atoms with Gasteiger partial charge >= 0.3 is 7.80 Å². The van der Waals surface area contributed by atoms with Crippen molar-refractivity contribution in [3.63, 3.8) is 0 Å². The zero-order valence-electron chi connectivity index (χ0n) is 15.2. The van der Waals surface area contributed by atoms with Crippen LogP contribution >= 0.6 is 7.80 Å². The minimum atomic E-state index is -1.40. The molecule has 0 bridgehead atoms. The van der Waals surface area contributed by atoms with Crippen LogP contribution < -0.4 is 5.30 Å². The van der Waals surface area contributed by atoms with Crippen LogP contribution in [0.2, 0.25) is 0 Å². The predicted molar refractivity (Wildman–Crippen MR) is 95.7 cm³/mol. The molecule has 0 aliphatic heterocycles. The van der Waals surface area contributed by atoms with Crippen LogP contribution in [0.5, 0.6) is 0 Å². The van der Waals surface area contributed by atoms with Crippen molar-refractivity contribution < 1.29 is 4.57 Å². The van der Waals surface area contributed by atoms with Crippen LogP contribution in [0.1, 0.15) is 96.8 Å². The van der Waals surface area contributed by atoms with Gasteiger partial charge in [0, 0.05) is 11.1 Å². The maximum absolute atomic E-state index is 13.1. The van der Waals surface area contributed by atoms with Crippen LogP contribution in [0.4, 0.5) is 0 Å². The first-order valence-electron chi connectivity index (χ1n) is 8.11. The molecular formula is C19H32OP+. The van der Waals surface area contributed by atoms with Gasteiger partial charge in [-0.1, -0.05) is 58.2 Å². The Morgan fingerprint density at radius 2 is 1.19 bits per heavy atom. The lowest BCUT2D eigenvalue weighted by Crippen LogP contribution is -2.23. The van der Waals surface area contributed by atoms with Crippen molar-refractivity contribution in [3.05, 3.63) is 28.8 Å². The first kappa shape index (κ1) is 18.4. The smallest absolute Gasteiger partial charge is 0.0674 e. The average Bonchev–Trinajstić information content (AvgIpc) is 2.34. The van der Waals surface area contributed by atoms with E-state index in [1.807, 2.05) is 0 Å². The maximum atomic E-state index is 13.1. The molecule has 0 fully saturated rings. The molecule has 0 aliphatic carbocycles. The number of rotatable bonds is 4. The Kier molecular flexibility index (Phi) is 5.78. The van der Waals surface area contributed by atoms with Crippen molar-refractivity contribution >= 4 is 13.1 Å². The van der Waals surface area contributed by atoms with E-state index >= 15 is 0 Å². The van der Waals surface area contributed by atoms with Gasteiger partial charge in [0.25, 0.3) is 0 Å². The number of hydrogen-bond donors (Lipinski definition) is 0. The molecule has 0 saturated carbocycles. The summed E-state index contributed by atoms with van der Waals surface area (Å²) in [6.45, 7) is 19.5. The van der Waals surface area contributed by atoms with Crippen LogP contribution in [0, 0.1) is 0 Å². The second-order valence-electron chi connectivity index (χ2n) is 7.98. The van der Waals surface area contributed by atoms with E-state index in [0.29, 0.717) is 17.8 Å². The van der Waals surface area contributed by atoms with Crippen LogP contribution in [0.15, 0.2) is 12.1 Å². The van der Waals surface area contributed by atoms with Gasteiger partial charge in [0.05, 0.1) is 0 Å². The van der Waals surface area contributed by atoms with Gasteiger partial charge in [-0.2, -0.15) is 0 Å². The fourth-order valence-corrected chi connectivity index (χ4v) is 4.27. The molecule has 1 atom stereocenters. The maximum Gasteiger partial charge on any atom is 0.382 e. The van der Waals surface area contributed by atoms with Crippen molar-refractivity contribution in [2.24, 2.45) is 0 Å². The summed E-state index contributed by atoms with van der Waals surface area (Å²) in [6.07, 6.45) is 0.